The maximum absolute atomic E-state index is 12.7. The van der Waals surface area contributed by atoms with E-state index in [4.69, 9.17) is 13.7 Å². The summed E-state index contributed by atoms with van der Waals surface area (Å²) in [7, 11) is 0. The van der Waals surface area contributed by atoms with E-state index < -0.39 is 0 Å². The number of furan rings is 1. The van der Waals surface area contributed by atoms with Crippen LogP contribution in [-0.4, -0.2) is 35.1 Å². The molecular weight excluding hydrogens is 394 g/mol. The number of rotatable bonds is 8. The molecule has 2 aromatic heterocycles. The fraction of sp³-hybridized carbons (Fsp3) is 0.417. The second-order valence-electron chi connectivity index (χ2n) is 8.22. The van der Waals surface area contributed by atoms with Gasteiger partial charge in [0.05, 0.1) is 23.9 Å². The minimum absolute atomic E-state index is 0.216. The second kappa shape index (κ2) is 8.98. The van der Waals surface area contributed by atoms with E-state index in [0.717, 1.165) is 36.6 Å². The lowest BCUT2D eigenvalue weighted by Gasteiger charge is -2.28. The average Bonchev–Trinajstić information content (AvgIpc) is 3.57. The molecule has 7 nitrogen and oxygen atoms in total. The molecule has 0 atom stereocenters. The summed E-state index contributed by atoms with van der Waals surface area (Å²) in [6.07, 6.45) is 7.64. The van der Waals surface area contributed by atoms with Gasteiger partial charge in [-0.15, -0.1) is 0 Å². The molecule has 1 saturated carbocycles. The van der Waals surface area contributed by atoms with Gasteiger partial charge >= 0.3 is 0 Å². The van der Waals surface area contributed by atoms with E-state index in [2.05, 4.69) is 15.4 Å². The van der Waals surface area contributed by atoms with Gasteiger partial charge in [-0.1, -0.05) is 30.1 Å². The topological polar surface area (TPSA) is 80.7 Å². The van der Waals surface area contributed by atoms with Crippen LogP contribution in [0.15, 0.2) is 51.6 Å². The summed E-state index contributed by atoms with van der Waals surface area (Å²) in [5, 5.41) is 7.03. The molecule has 0 spiro atoms. The van der Waals surface area contributed by atoms with Crippen molar-refractivity contribution >= 4 is 5.91 Å². The number of hydrogen-bond donors (Lipinski definition) is 1. The molecule has 1 amide bonds. The summed E-state index contributed by atoms with van der Waals surface area (Å²) in [6.45, 7) is 2.61. The molecule has 1 N–H and O–H groups in total. The van der Waals surface area contributed by atoms with Crippen molar-refractivity contribution < 1.29 is 18.5 Å². The van der Waals surface area contributed by atoms with Crippen LogP contribution in [-0.2, 0) is 13.2 Å². The molecular formula is C24H27N3O4. The minimum Gasteiger partial charge on any atom is -0.488 e. The lowest BCUT2D eigenvalue weighted by Crippen LogP contribution is -2.35. The zero-order valence-electron chi connectivity index (χ0n) is 17.5. The van der Waals surface area contributed by atoms with E-state index in [1.807, 2.05) is 36.4 Å². The number of carbonyl (C=O) groups is 1. The van der Waals surface area contributed by atoms with E-state index in [-0.39, 0.29) is 12.5 Å². The number of amides is 1. The van der Waals surface area contributed by atoms with Crippen LogP contribution in [0, 0.1) is 0 Å². The van der Waals surface area contributed by atoms with Gasteiger partial charge in [-0.05, 0) is 43.5 Å². The Kier molecular flexibility index (Phi) is 5.76. The van der Waals surface area contributed by atoms with Gasteiger partial charge in [0.2, 0.25) is 0 Å². The van der Waals surface area contributed by atoms with E-state index in [9.17, 15) is 4.79 Å². The maximum Gasteiger partial charge on any atom is 0.273 e. The Morgan fingerprint density at radius 2 is 2.03 bits per heavy atom. The lowest BCUT2D eigenvalue weighted by molar-refractivity contribution is 0.0938. The van der Waals surface area contributed by atoms with Crippen LogP contribution in [0.5, 0.6) is 5.75 Å². The minimum atomic E-state index is -0.216. The Morgan fingerprint density at radius 3 is 2.87 bits per heavy atom. The molecule has 3 heterocycles. The van der Waals surface area contributed by atoms with Gasteiger partial charge in [0.25, 0.3) is 5.91 Å². The third-order valence-electron chi connectivity index (χ3n) is 6.19. The van der Waals surface area contributed by atoms with Gasteiger partial charge in [0, 0.05) is 19.1 Å². The van der Waals surface area contributed by atoms with Crippen LogP contribution in [0.3, 0.4) is 0 Å². The van der Waals surface area contributed by atoms with Crippen LogP contribution in [0.2, 0.25) is 0 Å². The molecule has 0 saturated heterocycles. The van der Waals surface area contributed by atoms with Crippen molar-refractivity contribution in [3.63, 3.8) is 0 Å². The monoisotopic (exact) mass is 421 g/mol. The number of nitrogens with zero attached hydrogens (tertiary/aromatic N) is 2. The number of benzene rings is 1. The fourth-order valence-electron chi connectivity index (χ4n) is 4.59. The van der Waals surface area contributed by atoms with Crippen molar-refractivity contribution in [2.45, 2.75) is 51.3 Å². The first-order chi connectivity index (χ1) is 15.3. The van der Waals surface area contributed by atoms with E-state index in [1.54, 1.807) is 6.26 Å². The summed E-state index contributed by atoms with van der Waals surface area (Å²) in [5.74, 6) is 2.15. The van der Waals surface area contributed by atoms with Gasteiger partial charge in [0.15, 0.2) is 11.5 Å². The first-order valence-electron chi connectivity index (χ1n) is 11.0. The molecule has 1 aliphatic carbocycles. The normalized spacial score (nSPS) is 15.5. The number of hydrogen-bond acceptors (Lipinski definition) is 6. The fourth-order valence-corrected chi connectivity index (χ4v) is 4.59. The molecule has 0 bridgehead atoms. The van der Waals surface area contributed by atoms with Crippen molar-refractivity contribution in [1.82, 2.24) is 15.4 Å². The molecule has 31 heavy (non-hydrogen) atoms. The van der Waals surface area contributed by atoms with E-state index in [0.29, 0.717) is 29.6 Å². The smallest absolute Gasteiger partial charge is 0.273 e. The van der Waals surface area contributed by atoms with Crippen LogP contribution in [0.1, 0.15) is 53.9 Å². The van der Waals surface area contributed by atoms with Crippen molar-refractivity contribution in [2.24, 2.45) is 0 Å². The summed E-state index contributed by atoms with van der Waals surface area (Å²) < 4.78 is 16.8. The molecule has 162 valence electrons. The Labute approximate surface area is 181 Å². The third-order valence-corrected chi connectivity index (χ3v) is 6.19. The molecule has 1 aliphatic heterocycles. The van der Waals surface area contributed by atoms with Crippen molar-refractivity contribution in [3.05, 3.63) is 59.7 Å². The number of aromatic nitrogens is 1. The highest BCUT2D eigenvalue weighted by Gasteiger charge is 2.28. The molecule has 7 heteroatoms. The Hall–Kier alpha value is -3.06. The SMILES string of the molecule is O=C(NCCCN(Cc1ccco1)C1CCCC1)c1noc2c1COc1ccccc1-2. The Balaban J connectivity index is 1.17. The molecule has 0 radical (unpaired) electrons. The first-order valence-corrected chi connectivity index (χ1v) is 11.0. The van der Waals surface area contributed by atoms with Gasteiger partial charge in [-0.25, -0.2) is 0 Å². The van der Waals surface area contributed by atoms with Gasteiger partial charge < -0.3 is 19.0 Å². The van der Waals surface area contributed by atoms with Crippen molar-refractivity contribution in [2.75, 3.05) is 13.1 Å². The molecule has 5 rings (SSSR count). The van der Waals surface area contributed by atoms with Crippen LogP contribution in [0.25, 0.3) is 11.3 Å². The zero-order valence-corrected chi connectivity index (χ0v) is 17.5. The quantitative estimate of drug-likeness (QED) is 0.543. The molecule has 0 unspecified atom stereocenters. The number of para-hydroxylation sites is 1. The molecule has 1 aromatic carbocycles. The lowest BCUT2D eigenvalue weighted by atomic mass is 10.0. The number of carbonyl (C=O) groups excluding carboxylic acids is 1. The third kappa shape index (κ3) is 4.23. The van der Waals surface area contributed by atoms with Gasteiger partial charge in [0.1, 0.15) is 18.1 Å². The molecule has 1 fully saturated rings. The highest BCUT2D eigenvalue weighted by Crippen LogP contribution is 2.38. The zero-order chi connectivity index (χ0) is 21.0. The first kappa shape index (κ1) is 19.9. The summed E-state index contributed by atoms with van der Waals surface area (Å²) >= 11 is 0. The Bertz CT molecular complexity index is 1020. The van der Waals surface area contributed by atoms with Gasteiger partial charge in [-0.3, -0.25) is 9.69 Å². The Morgan fingerprint density at radius 1 is 1.16 bits per heavy atom. The highest BCUT2D eigenvalue weighted by molar-refractivity contribution is 5.95. The largest absolute Gasteiger partial charge is 0.488 e. The number of ether oxygens (including phenoxy) is 1. The van der Waals surface area contributed by atoms with Crippen molar-refractivity contribution in [3.8, 4) is 17.1 Å². The summed E-state index contributed by atoms with van der Waals surface area (Å²) in [5.41, 5.74) is 1.86. The van der Waals surface area contributed by atoms with Gasteiger partial charge in [-0.2, -0.15) is 0 Å². The van der Waals surface area contributed by atoms with Crippen LogP contribution in [0.4, 0.5) is 0 Å². The number of fused-ring (bicyclic) bond motifs is 3. The maximum atomic E-state index is 12.7. The van der Waals surface area contributed by atoms with Crippen molar-refractivity contribution in [1.29, 1.82) is 0 Å². The second-order valence-corrected chi connectivity index (χ2v) is 8.22. The standard InChI is InChI=1S/C24H27N3O4/c28-24(22-20-16-30-21-11-4-3-10-19(21)23(20)31-26-22)25-12-6-13-27(17-7-1-2-8-17)15-18-9-5-14-29-18/h3-5,9-11,14,17H,1-2,6-8,12-13,15-16H2,(H,25,28). The molecule has 3 aromatic rings. The number of nitrogens with one attached hydrogen (secondary N) is 1. The van der Waals surface area contributed by atoms with Crippen LogP contribution >= 0.6 is 0 Å². The average molecular weight is 421 g/mol. The predicted octanol–water partition coefficient (Wildman–Crippen LogP) is 4.39. The summed E-state index contributed by atoms with van der Waals surface area (Å²) in [4.78, 5) is 15.2. The van der Waals surface area contributed by atoms with Crippen LogP contribution < -0.4 is 10.1 Å². The van der Waals surface area contributed by atoms with E-state index in [1.165, 1.54) is 25.7 Å². The predicted molar refractivity (Wildman–Crippen MR) is 115 cm³/mol. The van der Waals surface area contributed by atoms with E-state index >= 15 is 0 Å². The highest BCUT2D eigenvalue weighted by atomic mass is 16.5. The summed E-state index contributed by atoms with van der Waals surface area (Å²) in [6, 6.07) is 12.2. The molecule has 2 aliphatic rings.